The van der Waals surface area contributed by atoms with Gasteiger partial charge >= 0.3 is 10.2 Å². The summed E-state index contributed by atoms with van der Waals surface area (Å²) in [4.78, 5) is 24.2. The van der Waals surface area contributed by atoms with Gasteiger partial charge in [-0.3, -0.25) is 4.79 Å². The molecule has 5 heterocycles. The Labute approximate surface area is 207 Å². The van der Waals surface area contributed by atoms with E-state index in [0.717, 1.165) is 24.8 Å². The van der Waals surface area contributed by atoms with Crippen molar-refractivity contribution in [1.29, 1.82) is 0 Å². The number of carbonyl (C=O) groups is 1. The average molecular weight is 548 g/mol. The summed E-state index contributed by atoms with van der Waals surface area (Å²) in [7, 11) is -9.81. The fraction of sp³-hybridized carbons (Fsp3) is 0.435. The number of aromatic nitrogens is 3. The lowest BCUT2D eigenvalue weighted by atomic mass is 9.88. The molecule has 3 aromatic rings. The van der Waals surface area contributed by atoms with Crippen LogP contribution in [0.1, 0.15) is 46.9 Å². The quantitative estimate of drug-likeness (QED) is 0.430. The predicted molar refractivity (Wildman–Crippen MR) is 124 cm³/mol. The minimum Gasteiger partial charge on any atom is -0.364 e. The molecule has 7 nitrogen and oxygen atoms in total. The second kappa shape index (κ2) is 7.38. The van der Waals surface area contributed by atoms with Crippen molar-refractivity contribution in [2.45, 2.75) is 41.7 Å². The van der Waals surface area contributed by atoms with Crippen molar-refractivity contribution in [3.05, 3.63) is 53.2 Å². The number of pyridine rings is 1. The molecule has 37 heavy (non-hydrogen) atoms. The van der Waals surface area contributed by atoms with E-state index in [1.807, 2.05) is 0 Å². The van der Waals surface area contributed by atoms with Crippen molar-refractivity contribution in [1.82, 2.24) is 25.2 Å². The van der Waals surface area contributed by atoms with E-state index < -0.39 is 32.4 Å². The smallest absolute Gasteiger partial charge is 0.310 e. The number of ether oxygens (including phenoxy) is 1. The Hall–Kier alpha value is -2.84. The minimum atomic E-state index is -9.81. The van der Waals surface area contributed by atoms with Gasteiger partial charge in [0.05, 0.1) is 18.3 Å². The van der Waals surface area contributed by atoms with Crippen LogP contribution in [0.2, 0.25) is 0 Å². The summed E-state index contributed by atoms with van der Waals surface area (Å²) in [6.45, 7) is 1.60. The normalized spacial score (nSPS) is 26.4. The molecule has 6 rings (SSSR count). The van der Waals surface area contributed by atoms with Crippen LogP contribution in [0.3, 0.4) is 0 Å². The van der Waals surface area contributed by atoms with Gasteiger partial charge in [-0.15, -0.1) is 0 Å². The zero-order valence-electron chi connectivity index (χ0n) is 19.3. The standard InChI is InChI=1S/C23H23F6N5O2S/c24-17-10-30-20-19(32-22(33-20)23-9-15(11-36-23)31-12-23)18(17)13-5-7-34(8-6-13)21(35)14-1-3-16(4-2-14)37(25,26,27,28)29/h1-4,10,13,15,31H,5-9,11-12H2,(H,30,32,33). The van der Waals surface area contributed by atoms with Gasteiger partial charge < -0.3 is 19.9 Å². The van der Waals surface area contributed by atoms with Crippen molar-refractivity contribution >= 4 is 27.3 Å². The number of imidazole rings is 1. The number of halogens is 6. The number of morpholine rings is 1. The molecule has 0 saturated carbocycles. The van der Waals surface area contributed by atoms with Crippen molar-refractivity contribution in [3.63, 3.8) is 0 Å². The van der Waals surface area contributed by atoms with Gasteiger partial charge in [0.15, 0.2) is 5.65 Å². The molecule has 14 heteroatoms. The van der Waals surface area contributed by atoms with Gasteiger partial charge in [-0.05, 0) is 43.0 Å². The number of nitrogens with one attached hydrogen (secondary N) is 2. The number of nitrogens with zero attached hydrogens (tertiary/aromatic N) is 3. The Morgan fingerprint density at radius 2 is 1.81 bits per heavy atom. The molecule has 200 valence electrons. The molecule has 3 fully saturated rings. The second-order valence-corrected chi connectivity index (χ2v) is 12.4. The summed E-state index contributed by atoms with van der Waals surface area (Å²) in [6, 6.07) is 2.23. The van der Waals surface area contributed by atoms with Crippen LogP contribution < -0.4 is 5.32 Å². The topological polar surface area (TPSA) is 83.1 Å². The first-order chi connectivity index (χ1) is 17.2. The number of fused-ring (bicyclic) bond motifs is 3. The van der Waals surface area contributed by atoms with E-state index in [9.17, 15) is 24.2 Å². The fourth-order valence-corrected chi connectivity index (χ4v) is 6.21. The molecule has 2 bridgehead atoms. The van der Waals surface area contributed by atoms with Crippen LogP contribution in [0.5, 0.6) is 0 Å². The summed E-state index contributed by atoms with van der Waals surface area (Å²) in [5.74, 6) is -0.727. The van der Waals surface area contributed by atoms with Crippen LogP contribution in [0.4, 0.5) is 23.8 Å². The number of likely N-dealkylation sites (tertiary alicyclic amines) is 1. The fourth-order valence-electron chi connectivity index (χ4n) is 5.56. The van der Waals surface area contributed by atoms with Crippen molar-refractivity contribution in [2.24, 2.45) is 0 Å². The highest BCUT2D eigenvalue weighted by molar-refractivity contribution is 8.45. The summed E-state index contributed by atoms with van der Waals surface area (Å²) >= 11 is 0. The lowest BCUT2D eigenvalue weighted by Crippen LogP contribution is -2.38. The first-order valence-corrected chi connectivity index (χ1v) is 13.7. The Kier molecular flexibility index (Phi) is 4.89. The molecule has 2 atom stereocenters. The Morgan fingerprint density at radius 1 is 1.11 bits per heavy atom. The van der Waals surface area contributed by atoms with Crippen LogP contribution >= 0.6 is 10.2 Å². The third kappa shape index (κ3) is 4.24. The van der Waals surface area contributed by atoms with E-state index in [0.29, 0.717) is 48.5 Å². The molecule has 3 saturated heterocycles. The van der Waals surface area contributed by atoms with E-state index in [1.54, 1.807) is 0 Å². The molecular weight excluding hydrogens is 524 g/mol. The number of H-pyrrole nitrogens is 1. The molecule has 2 aromatic heterocycles. The minimum absolute atomic E-state index is 0.126. The Bertz CT molecular complexity index is 1400. The number of hydrogen-bond acceptors (Lipinski definition) is 5. The molecule has 1 aromatic carbocycles. The molecule has 3 aliphatic heterocycles. The van der Waals surface area contributed by atoms with E-state index >= 15 is 4.39 Å². The maximum atomic E-state index is 15.0. The molecule has 0 spiro atoms. The monoisotopic (exact) mass is 547 g/mol. The lowest BCUT2D eigenvalue weighted by Gasteiger charge is -2.40. The van der Waals surface area contributed by atoms with Crippen LogP contribution in [0, 0.1) is 5.82 Å². The molecule has 2 unspecified atom stereocenters. The van der Waals surface area contributed by atoms with Crippen molar-refractivity contribution < 1.29 is 33.4 Å². The van der Waals surface area contributed by atoms with Crippen LogP contribution in [0.15, 0.2) is 35.4 Å². The number of carbonyl (C=O) groups excluding carboxylic acids is 1. The molecular formula is C23H23F6N5O2S. The highest BCUT2D eigenvalue weighted by Crippen LogP contribution is 3.02. The third-order valence-corrected chi connectivity index (χ3v) is 8.66. The number of aromatic amines is 1. The van der Waals surface area contributed by atoms with E-state index in [4.69, 9.17) is 4.74 Å². The van der Waals surface area contributed by atoms with E-state index in [-0.39, 0.29) is 42.7 Å². The average Bonchev–Trinajstić information content (AvgIpc) is 3.58. The summed E-state index contributed by atoms with van der Waals surface area (Å²) in [5, 5.41) is 3.36. The first kappa shape index (κ1) is 24.5. The number of benzene rings is 1. The van der Waals surface area contributed by atoms with E-state index in [1.165, 1.54) is 4.90 Å². The summed E-state index contributed by atoms with van der Waals surface area (Å²) < 4.78 is 85.8. The Morgan fingerprint density at radius 3 is 2.38 bits per heavy atom. The van der Waals surface area contributed by atoms with Crippen LogP contribution in [-0.2, 0) is 10.3 Å². The second-order valence-electron chi connectivity index (χ2n) is 9.95. The van der Waals surface area contributed by atoms with Gasteiger partial charge in [-0.25, -0.2) is 14.4 Å². The molecule has 0 radical (unpaired) electrons. The molecule has 0 aliphatic carbocycles. The van der Waals surface area contributed by atoms with E-state index in [2.05, 4.69) is 20.3 Å². The van der Waals surface area contributed by atoms with Gasteiger partial charge in [-0.2, -0.15) is 0 Å². The predicted octanol–water partition coefficient (Wildman–Crippen LogP) is 5.36. The number of rotatable bonds is 4. The summed E-state index contributed by atoms with van der Waals surface area (Å²) in [6.07, 6.45) is 2.67. The highest BCUT2D eigenvalue weighted by atomic mass is 32.5. The number of amides is 1. The number of piperidine rings is 1. The third-order valence-electron chi connectivity index (χ3n) is 7.49. The van der Waals surface area contributed by atoms with Crippen LogP contribution in [0.25, 0.3) is 11.2 Å². The van der Waals surface area contributed by atoms with Gasteiger partial charge in [0.2, 0.25) is 0 Å². The van der Waals surface area contributed by atoms with Gasteiger partial charge in [0, 0.05) is 43.2 Å². The maximum Gasteiger partial charge on any atom is 0.310 e. The number of hydrogen-bond donors (Lipinski definition) is 2. The van der Waals surface area contributed by atoms with Gasteiger partial charge in [0.25, 0.3) is 5.91 Å². The first-order valence-electron chi connectivity index (χ1n) is 11.8. The lowest BCUT2D eigenvalue weighted by molar-refractivity contribution is -0.0154. The van der Waals surface area contributed by atoms with Crippen LogP contribution in [-0.4, -0.2) is 58.0 Å². The SMILES string of the molecule is O=C(c1ccc(S(F)(F)(F)(F)F)cc1)N1CCC(c2c(F)cnc3nc(C45CNC(CO4)C5)[nH]c23)CC1. The molecule has 1 amide bonds. The Balaban J connectivity index is 1.20. The van der Waals surface area contributed by atoms with Crippen molar-refractivity contribution in [3.8, 4) is 0 Å². The highest BCUT2D eigenvalue weighted by Gasteiger charge is 2.65. The van der Waals surface area contributed by atoms with Gasteiger partial charge in [-0.1, -0.05) is 19.4 Å². The summed E-state index contributed by atoms with van der Waals surface area (Å²) in [5.41, 5.74) is 0.566. The van der Waals surface area contributed by atoms with Gasteiger partial charge in [0.1, 0.15) is 22.1 Å². The molecule has 2 N–H and O–H groups in total. The zero-order chi connectivity index (χ0) is 26.3. The molecule has 3 aliphatic rings. The largest absolute Gasteiger partial charge is 0.364 e. The maximum absolute atomic E-state index is 15.0. The van der Waals surface area contributed by atoms with Crippen molar-refractivity contribution in [2.75, 3.05) is 26.2 Å². The zero-order valence-corrected chi connectivity index (χ0v) is 20.1.